The molecule has 0 saturated heterocycles. The minimum atomic E-state index is -0.387. The number of nitrogen functional groups attached to an aromatic ring is 1. The molecule has 0 aliphatic heterocycles. The number of rotatable bonds is 0. The van der Waals surface area contributed by atoms with Crippen molar-refractivity contribution in [3.05, 3.63) is 46.8 Å². The molecule has 22 heavy (non-hydrogen) atoms. The van der Waals surface area contributed by atoms with Crippen LogP contribution in [0.4, 0.5) is 5.95 Å². The van der Waals surface area contributed by atoms with Gasteiger partial charge < -0.3 is 5.73 Å². The highest BCUT2D eigenvalue weighted by Gasteiger charge is 2.17. The molecule has 6 heteroatoms. The van der Waals surface area contributed by atoms with Crippen LogP contribution in [-0.4, -0.2) is 20.2 Å². The van der Waals surface area contributed by atoms with Gasteiger partial charge in [0.15, 0.2) is 5.65 Å². The number of benzene rings is 2. The Bertz CT molecular complexity index is 1250. The van der Waals surface area contributed by atoms with Crippen molar-refractivity contribution < 1.29 is 0 Å². The van der Waals surface area contributed by atoms with E-state index in [1.807, 2.05) is 36.4 Å². The normalized spacial score (nSPS) is 12.0. The van der Waals surface area contributed by atoms with Crippen molar-refractivity contribution in [2.75, 3.05) is 5.73 Å². The van der Waals surface area contributed by atoms with Gasteiger partial charge in [-0.2, -0.15) is 15.1 Å². The van der Waals surface area contributed by atoms with E-state index in [2.05, 4.69) is 20.2 Å². The van der Waals surface area contributed by atoms with E-state index in [0.717, 1.165) is 32.4 Å². The minimum absolute atomic E-state index is 0.0516. The van der Waals surface area contributed by atoms with Crippen molar-refractivity contribution in [2.45, 2.75) is 0 Å². The highest BCUT2D eigenvalue weighted by atomic mass is 16.1. The summed E-state index contributed by atoms with van der Waals surface area (Å²) in [7, 11) is 0. The maximum absolute atomic E-state index is 12.4. The second-order valence-electron chi connectivity index (χ2n) is 5.27. The molecule has 104 valence electrons. The molecular weight excluding hydrogens is 278 g/mol. The number of nitrogens with zero attached hydrogens (tertiary/aromatic N) is 3. The van der Waals surface area contributed by atoms with E-state index >= 15 is 0 Å². The summed E-state index contributed by atoms with van der Waals surface area (Å²) in [5, 5.41) is 12.7. The number of aromatic nitrogens is 4. The quantitative estimate of drug-likeness (QED) is 0.455. The van der Waals surface area contributed by atoms with Crippen molar-refractivity contribution >= 4 is 49.4 Å². The van der Waals surface area contributed by atoms with Gasteiger partial charge in [-0.1, -0.05) is 36.4 Å². The zero-order chi connectivity index (χ0) is 14.8. The number of H-pyrrole nitrogens is 1. The van der Waals surface area contributed by atoms with E-state index in [9.17, 15) is 4.79 Å². The number of nitrogens with two attached hydrogens (primary N) is 1. The fourth-order valence-corrected chi connectivity index (χ4v) is 3.25. The first kappa shape index (κ1) is 11.4. The summed E-state index contributed by atoms with van der Waals surface area (Å²) in [6, 6.07) is 12.1. The molecule has 0 unspecified atom stereocenters. The van der Waals surface area contributed by atoms with Gasteiger partial charge >= 0.3 is 0 Å². The number of nitrogens with one attached hydrogen (secondary N) is 1. The second kappa shape index (κ2) is 3.67. The minimum Gasteiger partial charge on any atom is -0.368 e. The molecule has 0 spiro atoms. The lowest BCUT2D eigenvalue weighted by atomic mass is 10.1. The summed E-state index contributed by atoms with van der Waals surface area (Å²) in [6.45, 7) is 0. The average molecular weight is 287 g/mol. The van der Waals surface area contributed by atoms with Crippen LogP contribution >= 0.6 is 0 Å². The van der Waals surface area contributed by atoms with Crippen LogP contribution in [0.2, 0.25) is 0 Å². The molecule has 0 amide bonds. The van der Waals surface area contributed by atoms with Crippen LogP contribution in [0.5, 0.6) is 0 Å². The molecule has 5 aromatic rings. The van der Waals surface area contributed by atoms with Gasteiger partial charge in [-0.3, -0.25) is 9.89 Å². The molecule has 0 radical (unpaired) electrons. The molecular formula is C16H9N5O. The third kappa shape index (κ3) is 1.24. The van der Waals surface area contributed by atoms with Crippen molar-refractivity contribution in [1.82, 2.24) is 20.2 Å². The Hall–Kier alpha value is -3.28. The maximum atomic E-state index is 12.4. The van der Waals surface area contributed by atoms with Crippen LogP contribution < -0.4 is 11.3 Å². The second-order valence-corrected chi connectivity index (χ2v) is 5.27. The molecule has 0 aliphatic rings. The summed E-state index contributed by atoms with van der Waals surface area (Å²) in [5.74, 6) is -0.0516. The Balaban J connectivity index is 2.24. The third-order valence-electron chi connectivity index (χ3n) is 4.08. The fourth-order valence-electron chi connectivity index (χ4n) is 3.25. The Morgan fingerprint density at radius 2 is 1.68 bits per heavy atom. The van der Waals surface area contributed by atoms with E-state index in [0.29, 0.717) is 11.0 Å². The zero-order valence-electron chi connectivity index (χ0n) is 11.3. The lowest BCUT2D eigenvalue weighted by molar-refractivity contribution is 1.07. The largest absolute Gasteiger partial charge is 0.368 e. The van der Waals surface area contributed by atoms with Crippen LogP contribution in [0, 0.1) is 0 Å². The van der Waals surface area contributed by atoms with E-state index in [4.69, 9.17) is 5.73 Å². The van der Waals surface area contributed by atoms with Crippen molar-refractivity contribution in [2.24, 2.45) is 0 Å². The first-order valence-corrected chi connectivity index (χ1v) is 6.82. The van der Waals surface area contributed by atoms with Crippen molar-refractivity contribution in [3.63, 3.8) is 0 Å². The number of fused-ring (bicyclic) bond motifs is 5. The van der Waals surface area contributed by atoms with E-state index < -0.39 is 0 Å². The number of hydrogen-bond donors (Lipinski definition) is 2. The van der Waals surface area contributed by atoms with Crippen LogP contribution in [-0.2, 0) is 0 Å². The van der Waals surface area contributed by atoms with Gasteiger partial charge in [-0.15, -0.1) is 0 Å². The van der Waals surface area contributed by atoms with Crippen molar-refractivity contribution in [3.8, 4) is 0 Å². The molecule has 3 N–H and O–H groups in total. The Morgan fingerprint density at radius 3 is 2.50 bits per heavy atom. The highest BCUT2D eigenvalue weighted by Crippen LogP contribution is 2.38. The number of hydrogen-bond acceptors (Lipinski definition) is 5. The van der Waals surface area contributed by atoms with E-state index in [1.54, 1.807) is 0 Å². The molecule has 2 aromatic heterocycles. The molecule has 3 aromatic carbocycles. The van der Waals surface area contributed by atoms with Gasteiger partial charge in [-0.25, -0.2) is 0 Å². The highest BCUT2D eigenvalue weighted by molar-refractivity contribution is 6.33. The summed E-state index contributed by atoms with van der Waals surface area (Å²) in [6.07, 6.45) is 0. The topological polar surface area (TPSA) is 97.5 Å². The third-order valence-corrected chi connectivity index (χ3v) is 4.08. The SMILES string of the molecule is Nc1nc(=O)c2c(n1)[nH]nc1c3cccc4cccc(c43)c12. The van der Waals surface area contributed by atoms with Gasteiger partial charge in [0.2, 0.25) is 5.95 Å². The van der Waals surface area contributed by atoms with Gasteiger partial charge in [0.25, 0.3) is 5.56 Å². The van der Waals surface area contributed by atoms with E-state index in [-0.39, 0.29) is 11.5 Å². The Kier molecular flexibility index (Phi) is 1.90. The Morgan fingerprint density at radius 1 is 0.909 bits per heavy atom. The molecule has 0 bridgehead atoms. The van der Waals surface area contributed by atoms with Crippen LogP contribution in [0.15, 0.2) is 41.2 Å². The van der Waals surface area contributed by atoms with Gasteiger partial charge in [0.1, 0.15) is 5.52 Å². The summed E-state index contributed by atoms with van der Waals surface area (Å²) < 4.78 is 0. The molecule has 6 nitrogen and oxygen atoms in total. The predicted octanol–water partition coefficient (Wildman–Crippen LogP) is 2.19. The lowest BCUT2D eigenvalue weighted by Crippen LogP contribution is -2.12. The average Bonchev–Trinajstić information content (AvgIpc) is 2.84. The first-order chi connectivity index (χ1) is 10.7. The molecule has 2 heterocycles. The first-order valence-electron chi connectivity index (χ1n) is 6.82. The smallest absolute Gasteiger partial charge is 0.284 e. The monoisotopic (exact) mass is 287 g/mol. The molecule has 0 fully saturated rings. The van der Waals surface area contributed by atoms with E-state index in [1.165, 1.54) is 0 Å². The number of aromatic amines is 1. The van der Waals surface area contributed by atoms with Crippen LogP contribution in [0.25, 0.3) is 43.5 Å². The molecule has 0 aliphatic carbocycles. The van der Waals surface area contributed by atoms with Crippen LogP contribution in [0.1, 0.15) is 0 Å². The van der Waals surface area contributed by atoms with Crippen LogP contribution in [0.3, 0.4) is 0 Å². The summed E-state index contributed by atoms with van der Waals surface area (Å²) in [5.41, 5.74) is 6.29. The lowest BCUT2D eigenvalue weighted by Gasteiger charge is -1.99. The predicted molar refractivity (Wildman–Crippen MR) is 86.1 cm³/mol. The number of anilines is 1. The standard InChI is InChI=1S/C16H9N5O/c17-16-18-14-12(15(22)19-16)11-8-5-1-3-7-4-2-6-9(10(7)8)13(11)20-21-14/h1-6H,(H3,17,18,19,21,22). The molecule has 5 rings (SSSR count). The summed E-state index contributed by atoms with van der Waals surface area (Å²) >= 11 is 0. The fraction of sp³-hybridized carbons (Fsp3) is 0. The molecule has 0 atom stereocenters. The van der Waals surface area contributed by atoms with Gasteiger partial charge in [0, 0.05) is 10.8 Å². The zero-order valence-corrected chi connectivity index (χ0v) is 11.3. The summed E-state index contributed by atoms with van der Waals surface area (Å²) in [4.78, 5) is 20.2. The van der Waals surface area contributed by atoms with Crippen molar-refractivity contribution in [1.29, 1.82) is 0 Å². The maximum Gasteiger partial charge on any atom is 0.284 e. The Labute approximate surface area is 122 Å². The van der Waals surface area contributed by atoms with Gasteiger partial charge in [-0.05, 0) is 16.2 Å². The molecule has 0 saturated carbocycles. The van der Waals surface area contributed by atoms with Gasteiger partial charge in [0.05, 0.1) is 5.39 Å².